The smallest absolute Gasteiger partial charge is 0.309 e. The summed E-state index contributed by atoms with van der Waals surface area (Å²) in [4.78, 5) is 18.4. The average Bonchev–Trinajstić information content (AvgIpc) is 2.32. The third kappa shape index (κ3) is 2.63. The van der Waals surface area contributed by atoms with Gasteiger partial charge < -0.3 is 5.11 Å². The van der Waals surface area contributed by atoms with Gasteiger partial charge in [0.05, 0.1) is 17.8 Å². The number of hydrogen-bond donors (Lipinski definition) is 1. The first-order chi connectivity index (χ1) is 8.16. The van der Waals surface area contributed by atoms with E-state index in [9.17, 15) is 9.18 Å². The first-order valence-corrected chi connectivity index (χ1v) is 4.94. The number of hydrogen-bond acceptors (Lipinski definition) is 3. The Labute approximate surface area is 96.8 Å². The minimum Gasteiger partial charge on any atom is -0.481 e. The molecule has 1 N–H and O–H groups in total. The zero-order valence-corrected chi connectivity index (χ0v) is 8.80. The van der Waals surface area contributed by atoms with Crippen LogP contribution in [-0.4, -0.2) is 21.0 Å². The van der Waals surface area contributed by atoms with Gasteiger partial charge in [-0.15, -0.1) is 0 Å². The molecule has 0 fully saturated rings. The summed E-state index contributed by atoms with van der Waals surface area (Å²) >= 11 is 0. The van der Waals surface area contributed by atoms with Gasteiger partial charge in [0.25, 0.3) is 0 Å². The molecule has 2 heterocycles. The normalized spacial score (nSPS) is 10.2. The SMILES string of the molecule is O=C(O)Cc1nc(-c2ccncc2)ccc1F. The van der Waals surface area contributed by atoms with Crippen LogP contribution in [0.25, 0.3) is 11.3 Å². The fourth-order valence-electron chi connectivity index (χ4n) is 1.44. The molecule has 4 nitrogen and oxygen atoms in total. The number of halogens is 1. The van der Waals surface area contributed by atoms with E-state index in [-0.39, 0.29) is 5.69 Å². The van der Waals surface area contributed by atoms with Crippen molar-refractivity contribution < 1.29 is 14.3 Å². The van der Waals surface area contributed by atoms with E-state index in [1.807, 2.05) is 0 Å². The number of pyridine rings is 2. The highest BCUT2D eigenvalue weighted by Crippen LogP contribution is 2.17. The van der Waals surface area contributed by atoms with E-state index in [0.717, 1.165) is 5.56 Å². The summed E-state index contributed by atoms with van der Waals surface area (Å²) in [5, 5.41) is 8.64. The third-order valence-corrected chi connectivity index (χ3v) is 2.21. The summed E-state index contributed by atoms with van der Waals surface area (Å²) < 4.78 is 13.3. The van der Waals surface area contributed by atoms with Gasteiger partial charge in [-0.25, -0.2) is 9.37 Å². The molecule has 2 aromatic heterocycles. The maximum Gasteiger partial charge on any atom is 0.309 e. The molecule has 0 aliphatic carbocycles. The summed E-state index contributed by atoms with van der Waals surface area (Å²) in [5.41, 5.74) is 1.24. The van der Waals surface area contributed by atoms with Gasteiger partial charge in [-0.2, -0.15) is 0 Å². The first-order valence-electron chi connectivity index (χ1n) is 4.94. The lowest BCUT2D eigenvalue weighted by Crippen LogP contribution is -2.05. The number of carboxylic acids is 1. The lowest BCUT2D eigenvalue weighted by molar-refractivity contribution is -0.136. The summed E-state index contributed by atoms with van der Waals surface area (Å²) in [7, 11) is 0. The number of rotatable bonds is 3. The van der Waals surface area contributed by atoms with Crippen molar-refractivity contribution in [2.24, 2.45) is 0 Å². The summed E-state index contributed by atoms with van der Waals surface area (Å²) in [5.74, 6) is -1.71. The van der Waals surface area contributed by atoms with E-state index in [4.69, 9.17) is 5.11 Å². The van der Waals surface area contributed by atoms with Crippen LogP contribution in [-0.2, 0) is 11.2 Å². The first kappa shape index (κ1) is 11.2. The highest BCUT2D eigenvalue weighted by atomic mass is 19.1. The van der Waals surface area contributed by atoms with Crippen LogP contribution in [0.4, 0.5) is 4.39 Å². The molecule has 0 radical (unpaired) electrons. The molecule has 17 heavy (non-hydrogen) atoms. The van der Waals surface area contributed by atoms with Gasteiger partial charge >= 0.3 is 5.97 Å². The Morgan fingerprint density at radius 1 is 1.24 bits per heavy atom. The molecule has 2 aromatic rings. The fraction of sp³-hybridized carbons (Fsp3) is 0.0833. The molecule has 0 spiro atoms. The van der Waals surface area contributed by atoms with Crippen molar-refractivity contribution in [2.45, 2.75) is 6.42 Å². The molecule has 0 unspecified atom stereocenters. The second kappa shape index (κ2) is 4.69. The van der Waals surface area contributed by atoms with E-state index < -0.39 is 18.2 Å². The molecule has 0 saturated carbocycles. The lowest BCUT2D eigenvalue weighted by Gasteiger charge is -2.04. The molecule has 0 atom stereocenters. The Bertz CT molecular complexity index is 543. The van der Waals surface area contributed by atoms with E-state index in [1.165, 1.54) is 12.1 Å². The van der Waals surface area contributed by atoms with Crippen molar-refractivity contribution in [1.29, 1.82) is 0 Å². The van der Waals surface area contributed by atoms with Crippen molar-refractivity contribution in [2.75, 3.05) is 0 Å². The van der Waals surface area contributed by atoms with Crippen LogP contribution in [0.15, 0.2) is 36.7 Å². The van der Waals surface area contributed by atoms with Gasteiger partial charge in [0.1, 0.15) is 5.82 Å². The van der Waals surface area contributed by atoms with Gasteiger partial charge in [-0.05, 0) is 24.3 Å². The Kier molecular flexibility index (Phi) is 3.09. The maximum absolute atomic E-state index is 13.3. The van der Waals surface area contributed by atoms with Crippen LogP contribution in [0.3, 0.4) is 0 Å². The van der Waals surface area contributed by atoms with Crippen molar-refractivity contribution in [3.8, 4) is 11.3 Å². The molecule has 0 aliphatic rings. The molecular formula is C12H9FN2O2. The Morgan fingerprint density at radius 3 is 2.59 bits per heavy atom. The fourth-order valence-corrected chi connectivity index (χ4v) is 1.44. The van der Waals surface area contributed by atoms with Gasteiger partial charge in [0.2, 0.25) is 0 Å². The van der Waals surface area contributed by atoms with E-state index >= 15 is 0 Å². The largest absolute Gasteiger partial charge is 0.481 e. The number of nitrogens with zero attached hydrogens (tertiary/aromatic N) is 2. The Balaban J connectivity index is 2.41. The highest BCUT2D eigenvalue weighted by Gasteiger charge is 2.10. The van der Waals surface area contributed by atoms with Crippen LogP contribution < -0.4 is 0 Å². The van der Waals surface area contributed by atoms with Crippen LogP contribution in [0, 0.1) is 5.82 Å². The zero-order valence-electron chi connectivity index (χ0n) is 8.80. The zero-order chi connectivity index (χ0) is 12.3. The maximum atomic E-state index is 13.3. The van der Waals surface area contributed by atoms with Crippen LogP contribution in [0.1, 0.15) is 5.69 Å². The van der Waals surface area contributed by atoms with Crippen LogP contribution in [0.2, 0.25) is 0 Å². The van der Waals surface area contributed by atoms with Gasteiger partial charge in [-0.3, -0.25) is 9.78 Å². The van der Waals surface area contributed by atoms with E-state index in [1.54, 1.807) is 24.5 Å². The topological polar surface area (TPSA) is 63.1 Å². The summed E-state index contributed by atoms with van der Waals surface area (Å²) in [6, 6.07) is 6.19. The van der Waals surface area contributed by atoms with Gasteiger partial charge in [-0.1, -0.05) is 0 Å². The number of carbonyl (C=O) groups is 1. The second-order valence-corrected chi connectivity index (χ2v) is 3.43. The molecule has 0 aliphatic heterocycles. The summed E-state index contributed by atoms with van der Waals surface area (Å²) in [6.45, 7) is 0. The quantitative estimate of drug-likeness (QED) is 0.877. The highest BCUT2D eigenvalue weighted by molar-refractivity contribution is 5.70. The third-order valence-electron chi connectivity index (χ3n) is 2.21. The minimum absolute atomic E-state index is 0.0631. The van der Waals surface area contributed by atoms with Crippen molar-refractivity contribution in [1.82, 2.24) is 9.97 Å². The minimum atomic E-state index is -1.11. The van der Waals surface area contributed by atoms with Crippen LogP contribution in [0.5, 0.6) is 0 Å². The molecule has 2 rings (SSSR count). The van der Waals surface area contributed by atoms with Crippen molar-refractivity contribution in [3.05, 3.63) is 48.2 Å². The van der Waals surface area contributed by atoms with Crippen molar-refractivity contribution in [3.63, 3.8) is 0 Å². The number of aliphatic carboxylic acids is 1. The molecular weight excluding hydrogens is 223 g/mol. The predicted molar refractivity (Wildman–Crippen MR) is 58.8 cm³/mol. The molecule has 0 bridgehead atoms. The van der Waals surface area contributed by atoms with Gasteiger partial charge in [0.15, 0.2) is 0 Å². The second-order valence-electron chi connectivity index (χ2n) is 3.43. The molecule has 0 amide bonds. The Morgan fingerprint density at radius 2 is 1.94 bits per heavy atom. The summed E-state index contributed by atoms with van der Waals surface area (Å²) in [6.07, 6.45) is 2.76. The van der Waals surface area contributed by atoms with E-state index in [0.29, 0.717) is 5.69 Å². The van der Waals surface area contributed by atoms with Crippen LogP contribution >= 0.6 is 0 Å². The molecule has 5 heteroatoms. The molecule has 0 aromatic carbocycles. The van der Waals surface area contributed by atoms with Gasteiger partial charge in [0, 0.05) is 18.0 Å². The predicted octanol–water partition coefficient (Wildman–Crippen LogP) is 1.91. The van der Waals surface area contributed by atoms with E-state index in [2.05, 4.69) is 9.97 Å². The standard InChI is InChI=1S/C12H9FN2O2/c13-9-1-2-10(8-3-5-14-6-4-8)15-11(9)7-12(16)17/h1-6H,7H2,(H,16,17). The lowest BCUT2D eigenvalue weighted by atomic mass is 10.1. The monoisotopic (exact) mass is 232 g/mol. The van der Waals surface area contributed by atoms with Crippen molar-refractivity contribution >= 4 is 5.97 Å². The number of aromatic nitrogens is 2. The average molecular weight is 232 g/mol. The molecule has 86 valence electrons. The Hall–Kier alpha value is -2.30. The number of carboxylic acid groups (broad SMARTS) is 1. The molecule has 0 saturated heterocycles.